The molecule has 2 unspecified atom stereocenters. The number of hydrogen-bond donors (Lipinski definition) is 1. The van der Waals surface area contributed by atoms with Crippen LogP contribution in [-0.2, 0) is 9.53 Å². The van der Waals surface area contributed by atoms with Gasteiger partial charge < -0.3 is 9.84 Å². The fourth-order valence-corrected chi connectivity index (χ4v) is 5.12. The maximum absolute atomic E-state index is 12.5. The van der Waals surface area contributed by atoms with Crippen molar-refractivity contribution in [1.29, 1.82) is 0 Å². The average molecular weight is 323 g/mol. The summed E-state index contributed by atoms with van der Waals surface area (Å²) in [7, 11) is 0. The number of carboxylic acids is 1. The van der Waals surface area contributed by atoms with Crippen LogP contribution < -0.4 is 0 Å². The fraction of sp³-hybridized carbons (Fsp3) is 0.889. The highest BCUT2D eigenvalue weighted by atomic mass is 16.6. The topological polar surface area (TPSA) is 66.8 Å². The van der Waals surface area contributed by atoms with Crippen LogP contribution in [0.3, 0.4) is 0 Å². The van der Waals surface area contributed by atoms with Gasteiger partial charge in [-0.2, -0.15) is 0 Å². The minimum absolute atomic E-state index is 0.0102. The normalized spacial score (nSPS) is 32.8. The lowest BCUT2D eigenvalue weighted by Gasteiger charge is -2.48. The van der Waals surface area contributed by atoms with Crippen molar-refractivity contribution >= 4 is 12.1 Å². The molecule has 130 valence electrons. The summed E-state index contributed by atoms with van der Waals surface area (Å²) in [5, 5.41) is 9.05. The van der Waals surface area contributed by atoms with Crippen LogP contribution in [0.25, 0.3) is 0 Å². The number of fused-ring (bicyclic) bond motifs is 1. The van der Waals surface area contributed by atoms with Gasteiger partial charge in [0.25, 0.3) is 0 Å². The minimum atomic E-state index is -0.843. The smallest absolute Gasteiger partial charge is 0.410 e. The van der Waals surface area contributed by atoms with E-state index < -0.39 is 5.97 Å². The SMILES string of the molecule is O=C(O)CCN1C(=O)OC2CCCCC21C1CCCCCCC1. The largest absolute Gasteiger partial charge is 0.481 e. The monoisotopic (exact) mass is 323 g/mol. The van der Waals surface area contributed by atoms with Crippen LogP contribution in [0, 0.1) is 5.92 Å². The van der Waals surface area contributed by atoms with E-state index in [-0.39, 0.29) is 24.2 Å². The number of carbonyl (C=O) groups excluding carboxylic acids is 1. The molecular formula is C18H29NO4. The van der Waals surface area contributed by atoms with Gasteiger partial charge in [0.05, 0.1) is 12.0 Å². The second-order valence-electron chi connectivity index (χ2n) is 7.45. The van der Waals surface area contributed by atoms with Gasteiger partial charge in [-0.05, 0) is 38.0 Å². The summed E-state index contributed by atoms with van der Waals surface area (Å²) in [5.74, 6) is -0.377. The molecule has 2 aliphatic carbocycles. The molecule has 0 aromatic carbocycles. The van der Waals surface area contributed by atoms with Gasteiger partial charge in [0.1, 0.15) is 6.10 Å². The molecule has 0 spiro atoms. The molecule has 1 amide bonds. The highest BCUT2D eigenvalue weighted by Crippen LogP contribution is 2.49. The third kappa shape index (κ3) is 3.20. The van der Waals surface area contributed by atoms with E-state index in [0.717, 1.165) is 38.5 Å². The first-order valence-corrected chi connectivity index (χ1v) is 9.34. The van der Waals surface area contributed by atoms with Crippen LogP contribution in [0.5, 0.6) is 0 Å². The van der Waals surface area contributed by atoms with E-state index in [4.69, 9.17) is 9.84 Å². The third-order valence-electron chi connectivity index (χ3n) is 6.18. The van der Waals surface area contributed by atoms with Gasteiger partial charge in [0.15, 0.2) is 0 Å². The highest BCUT2D eigenvalue weighted by molar-refractivity contribution is 5.74. The van der Waals surface area contributed by atoms with Crippen molar-refractivity contribution in [2.45, 2.75) is 88.7 Å². The first kappa shape index (κ1) is 16.6. The quantitative estimate of drug-likeness (QED) is 0.850. The van der Waals surface area contributed by atoms with Gasteiger partial charge in [-0.15, -0.1) is 0 Å². The number of ether oxygens (including phenoxy) is 1. The Morgan fingerprint density at radius 1 is 1.09 bits per heavy atom. The Morgan fingerprint density at radius 3 is 2.43 bits per heavy atom. The van der Waals surface area contributed by atoms with Gasteiger partial charge in [-0.25, -0.2) is 4.79 Å². The van der Waals surface area contributed by atoms with E-state index in [2.05, 4.69) is 0 Å². The maximum Gasteiger partial charge on any atom is 0.410 e. The number of hydrogen-bond acceptors (Lipinski definition) is 3. The van der Waals surface area contributed by atoms with E-state index >= 15 is 0 Å². The van der Waals surface area contributed by atoms with Gasteiger partial charge in [0.2, 0.25) is 0 Å². The van der Waals surface area contributed by atoms with E-state index in [9.17, 15) is 9.59 Å². The molecule has 23 heavy (non-hydrogen) atoms. The van der Waals surface area contributed by atoms with Crippen molar-refractivity contribution in [2.75, 3.05) is 6.54 Å². The molecule has 0 bridgehead atoms. The van der Waals surface area contributed by atoms with Crippen LogP contribution in [0.1, 0.15) is 77.0 Å². The summed E-state index contributed by atoms with van der Waals surface area (Å²) in [6, 6.07) is 0. The summed E-state index contributed by atoms with van der Waals surface area (Å²) in [5.41, 5.74) is -0.234. The van der Waals surface area contributed by atoms with Crippen molar-refractivity contribution < 1.29 is 19.4 Å². The van der Waals surface area contributed by atoms with Crippen molar-refractivity contribution in [3.05, 3.63) is 0 Å². The summed E-state index contributed by atoms with van der Waals surface area (Å²) in [4.78, 5) is 25.3. The van der Waals surface area contributed by atoms with E-state index in [1.165, 1.54) is 32.1 Å². The Labute approximate surface area is 138 Å². The number of rotatable bonds is 4. The zero-order valence-corrected chi connectivity index (χ0v) is 14.0. The minimum Gasteiger partial charge on any atom is -0.481 e. The predicted octanol–water partition coefficient (Wildman–Crippen LogP) is 3.96. The molecular weight excluding hydrogens is 294 g/mol. The molecule has 1 N–H and O–H groups in total. The van der Waals surface area contributed by atoms with Crippen molar-refractivity contribution in [2.24, 2.45) is 5.92 Å². The Bertz CT molecular complexity index is 444. The second kappa shape index (κ2) is 7.10. The zero-order chi connectivity index (χ0) is 16.3. The van der Waals surface area contributed by atoms with Crippen LogP contribution in [-0.4, -0.2) is 40.3 Å². The van der Waals surface area contributed by atoms with Gasteiger partial charge >= 0.3 is 12.1 Å². The average Bonchev–Trinajstić information content (AvgIpc) is 2.77. The molecule has 0 aromatic heterocycles. The third-order valence-corrected chi connectivity index (χ3v) is 6.18. The lowest BCUT2D eigenvalue weighted by molar-refractivity contribution is -0.137. The Kier molecular flexibility index (Phi) is 5.12. The second-order valence-corrected chi connectivity index (χ2v) is 7.45. The van der Waals surface area contributed by atoms with Crippen LogP contribution in [0.4, 0.5) is 4.79 Å². The van der Waals surface area contributed by atoms with E-state index in [1.54, 1.807) is 0 Å². The Balaban J connectivity index is 1.86. The zero-order valence-electron chi connectivity index (χ0n) is 14.0. The van der Waals surface area contributed by atoms with E-state index in [1.807, 2.05) is 4.90 Å². The maximum atomic E-state index is 12.5. The lowest BCUT2D eigenvalue weighted by atomic mass is 9.66. The molecule has 3 aliphatic rings. The van der Waals surface area contributed by atoms with Gasteiger partial charge in [-0.1, -0.05) is 38.5 Å². The van der Waals surface area contributed by atoms with Crippen molar-refractivity contribution in [3.8, 4) is 0 Å². The number of carboxylic acid groups (broad SMARTS) is 1. The number of amides is 1. The molecule has 2 saturated carbocycles. The molecule has 2 atom stereocenters. The molecule has 1 heterocycles. The summed E-state index contributed by atoms with van der Waals surface area (Å²) in [6.07, 6.45) is 12.5. The molecule has 0 aromatic rings. The molecule has 5 nitrogen and oxygen atoms in total. The predicted molar refractivity (Wildman–Crippen MR) is 86.2 cm³/mol. The summed E-state index contributed by atoms with van der Waals surface area (Å²) >= 11 is 0. The van der Waals surface area contributed by atoms with E-state index in [0.29, 0.717) is 12.5 Å². The fourth-order valence-electron chi connectivity index (χ4n) is 5.12. The number of aliphatic carboxylic acids is 1. The summed E-state index contributed by atoms with van der Waals surface area (Å²) in [6.45, 7) is 0.293. The molecule has 1 saturated heterocycles. The molecule has 3 fully saturated rings. The molecule has 5 heteroatoms. The Morgan fingerprint density at radius 2 is 1.74 bits per heavy atom. The van der Waals surface area contributed by atoms with Crippen molar-refractivity contribution in [3.63, 3.8) is 0 Å². The molecule has 3 rings (SSSR count). The standard InChI is InChI=1S/C18H29NO4/c20-16(21)11-13-19-17(22)23-15-10-6-7-12-18(15,19)14-8-4-2-1-3-5-9-14/h14-15H,1-13H2,(H,20,21). The first-order valence-electron chi connectivity index (χ1n) is 9.34. The summed E-state index contributed by atoms with van der Waals surface area (Å²) < 4.78 is 5.73. The lowest BCUT2D eigenvalue weighted by Crippen LogP contribution is -2.58. The van der Waals surface area contributed by atoms with Crippen molar-refractivity contribution in [1.82, 2.24) is 4.90 Å². The number of carbonyl (C=O) groups is 2. The van der Waals surface area contributed by atoms with Gasteiger partial charge in [-0.3, -0.25) is 9.69 Å². The number of nitrogens with zero attached hydrogens (tertiary/aromatic N) is 1. The van der Waals surface area contributed by atoms with Crippen LogP contribution in [0.2, 0.25) is 0 Å². The Hall–Kier alpha value is -1.26. The highest BCUT2D eigenvalue weighted by Gasteiger charge is 2.58. The molecule has 1 aliphatic heterocycles. The van der Waals surface area contributed by atoms with Crippen LogP contribution >= 0.6 is 0 Å². The van der Waals surface area contributed by atoms with Gasteiger partial charge in [0, 0.05) is 6.54 Å². The first-order chi connectivity index (χ1) is 11.1. The molecule has 0 radical (unpaired) electrons. The van der Waals surface area contributed by atoms with Crippen LogP contribution in [0.15, 0.2) is 0 Å².